The van der Waals surface area contributed by atoms with Crippen molar-refractivity contribution in [2.24, 2.45) is 0 Å². The number of hydrogen-bond acceptors (Lipinski definition) is 3. The number of rotatable bonds is 4. The van der Waals surface area contributed by atoms with Crippen LogP contribution in [0.2, 0.25) is 0 Å². The first-order chi connectivity index (χ1) is 11.0. The van der Waals surface area contributed by atoms with E-state index in [0.717, 1.165) is 32.5 Å². The molecule has 0 aromatic rings. The predicted octanol–water partition coefficient (Wildman–Crippen LogP) is -0.103. The molecule has 0 radical (unpaired) electrons. The lowest BCUT2D eigenvalue weighted by Gasteiger charge is -2.32. The highest BCUT2D eigenvalue weighted by molar-refractivity contribution is 7.80. The highest BCUT2D eigenvalue weighted by atomic mass is 32.1. The molecular weight excluding hydrogens is 312 g/mol. The number of hydrogen-bond donors (Lipinski definition) is 4. The minimum Gasteiger partial charge on any atom is -0.364 e. The van der Waals surface area contributed by atoms with Gasteiger partial charge >= 0.3 is 0 Å². The molecule has 1 aliphatic carbocycles. The average molecular weight is 344 g/mol. The number of quaternary nitrogens is 1. The molecule has 7 heteroatoms. The van der Waals surface area contributed by atoms with Gasteiger partial charge in [0.25, 0.3) is 0 Å². The number of hydrazine groups is 1. The van der Waals surface area contributed by atoms with Crippen LogP contribution in [0.1, 0.15) is 52.4 Å². The topological polar surface area (TPSA) is 66.8 Å². The van der Waals surface area contributed by atoms with E-state index in [0.29, 0.717) is 17.6 Å². The summed E-state index contributed by atoms with van der Waals surface area (Å²) in [5, 5.41) is 3.79. The molecule has 1 aliphatic heterocycles. The van der Waals surface area contributed by atoms with E-state index in [1.54, 1.807) is 0 Å². The fourth-order valence-electron chi connectivity index (χ4n) is 3.54. The van der Waals surface area contributed by atoms with Gasteiger partial charge in [0.1, 0.15) is 25.3 Å². The average Bonchev–Trinajstić information content (AvgIpc) is 2.51. The molecule has 1 amide bonds. The molecule has 1 unspecified atom stereocenters. The van der Waals surface area contributed by atoms with E-state index in [2.05, 4.69) is 30.0 Å². The van der Waals surface area contributed by atoms with E-state index in [1.165, 1.54) is 24.2 Å². The minimum absolute atomic E-state index is 0.0166. The Morgan fingerprint density at radius 3 is 2.43 bits per heavy atom. The highest BCUT2D eigenvalue weighted by Crippen LogP contribution is 2.17. The van der Waals surface area contributed by atoms with E-state index < -0.39 is 0 Å². The molecule has 2 rings (SSSR count). The van der Waals surface area contributed by atoms with Gasteiger partial charge < -0.3 is 15.0 Å². The number of thiocarbonyl (C=S) groups is 1. The molecule has 4 N–H and O–H groups in total. The quantitative estimate of drug-likeness (QED) is 0.424. The van der Waals surface area contributed by atoms with Gasteiger partial charge in [-0.2, -0.15) is 0 Å². The largest absolute Gasteiger partial charge is 0.364 e. The van der Waals surface area contributed by atoms with Crippen LogP contribution >= 0.6 is 12.2 Å². The molecule has 2 aliphatic rings. The Morgan fingerprint density at radius 1 is 1.13 bits per heavy atom. The summed E-state index contributed by atoms with van der Waals surface area (Å²) in [6, 6.07) is 0.446. The molecule has 23 heavy (non-hydrogen) atoms. The molecule has 132 valence electrons. The minimum atomic E-state index is -0.0166. The lowest BCUT2D eigenvalue weighted by molar-refractivity contribution is -0.914. The van der Waals surface area contributed by atoms with E-state index in [9.17, 15) is 4.79 Å². The number of nitrogens with one attached hydrogen (secondary N) is 4. The Kier molecular flexibility index (Phi) is 7.52. The number of ether oxygens (including phenoxy) is 1. The van der Waals surface area contributed by atoms with Crippen molar-refractivity contribution in [2.75, 3.05) is 19.6 Å². The molecular formula is C16H31N4O2S+. The standard InChI is InChI=1S/C16H30N4O2S/c1-12-10-20(11-13(2)22-12)9-8-15(21)18-19-16(23)17-14-6-4-3-5-7-14/h12-14H,3-11H2,1-2H3,(H,18,21)(H2,17,19,23)/p+1/t12-,13+. The van der Waals surface area contributed by atoms with Crippen LogP contribution in [0.4, 0.5) is 0 Å². The smallest absolute Gasteiger partial charge is 0.244 e. The van der Waals surface area contributed by atoms with Crippen LogP contribution in [-0.4, -0.2) is 48.9 Å². The summed E-state index contributed by atoms with van der Waals surface area (Å²) in [5.41, 5.74) is 5.52. The van der Waals surface area contributed by atoms with Gasteiger partial charge in [-0.15, -0.1) is 0 Å². The molecule has 0 aromatic carbocycles. The highest BCUT2D eigenvalue weighted by Gasteiger charge is 2.25. The maximum Gasteiger partial charge on any atom is 0.244 e. The van der Waals surface area contributed by atoms with Gasteiger partial charge in [0, 0.05) is 6.04 Å². The number of morpholine rings is 1. The van der Waals surface area contributed by atoms with Crippen molar-refractivity contribution in [2.45, 2.75) is 70.6 Å². The van der Waals surface area contributed by atoms with Crippen LogP contribution in [-0.2, 0) is 9.53 Å². The van der Waals surface area contributed by atoms with Crippen LogP contribution in [0.15, 0.2) is 0 Å². The summed E-state index contributed by atoms with van der Waals surface area (Å²) in [6.07, 6.45) is 7.17. The van der Waals surface area contributed by atoms with Crippen molar-refractivity contribution in [1.82, 2.24) is 16.2 Å². The molecule has 1 heterocycles. The zero-order chi connectivity index (χ0) is 16.7. The summed E-state index contributed by atoms with van der Waals surface area (Å²) in [7, 11) is 0. The number of carbonyl (C=O) groups excluding carboxylic acids is 1. The van der Waals surface area contributed by atoms with E-state index in [1.807, 2.05) is 0 Å². The normalized spacial score (nSPS) is 28.9. The third-order valence-electron chi connectivity index (χ3n) is 4.58. The summed E-state index contributed by atoms with van der Waals surface area (Å²) < 4.78 is 5.72. The zero-order valence-corrected chi connectivity index (χ0v) is 15.1. The van der Waals surface area contributed by atoms with Crippen LogP contribution in [0, 0.1) is 0 Å². The van der Waals surface area contributed by atoms with Gasteiger partial charge in [-0.3, -0.25) is 15.6 Å². The molecule has 0 aromatic heterocycles. The van der Waals surface area contributed by atoms with Crippen LogP contribution in [0.25, 0.3) is 0 Å². The summed E-state index contributed by atoms with van der Waals surface area (Å²) >= 11 is 5.23. The predicted molar refractivity (Wildman–Crippen MR) is 94.1 cm³/mol. The molecule has 3 atom stereocenters. The maximum atomic E-state index is 11.9. The molecule has 1 saturated heterocycles. The van der Waals surface area contributed by atoms with E-state index in [4.69, 9.17) is 17.0 Å². The van der Waals surface area contributed by atoms with Gasteiger partial charge in [-0.1, -0.05) is 19.3 Å². The molecule has 1 saturated carbocycles. The first kappa shape index (κ1) is 18.4. The lowest BCUT2D eigenvalue weighted by Crippen LogP contribution is -3.15. The van der Waals surface area contributed by atoms with Crippen LogP contribution in [0.5, 0.6) is 0 Å². The lowest BCUT2D eigenvalue weighted by atomic mass is 9.96. The van der Waals surface area contributed by atoms with Crippen molar-refractivity contribution in [3.63, 3.8) is 0 Å². The summed E-state index contributed by atoms with van der Waals surface area (Å²) in [6.45, 7) is 6.94. The van der Waals surface area contributed by atoms with Gasteiger partial charge in [0.05, 0.1) is 13.0 Å². The van der Waals surface area contributed by atoms with Gasteiger partial charge in [-0.05, 0) is 38.9 Å². The van der Waals surface area contributed by atoms with Crippen molar-refractivity contribution in [3.8, 4) is 0 Å². The number of carbonyl (C=O) groups is 1. The second-order valence-electron chi connectivity index (χ2n) is 6.90. The van der Waals surface area contributed by atoms with Gasteiger partial charge in [-0.25, -0.2) is 0 Å². The Bertz CT molecular complexity index is 392. The van der Waals surface area contributed by atoms with Crippen molar-refractivity contribution < 1.29 is 14.4 Å². The number of amides is 1. The zero-order valence-electron chi connectivity index (χ0n) is 14.3. The first-order valence-corrected chi connectivity index (χ1v) is 9.28. The Hall–Kier alpha value is -0.920. The second kappa shape index (κ2) is 9.39. The van der Waals surface area contributed by atoms with Crippen molar-refractivity contribution >= 4 is 23.2 Å². The van der Waals surface area contributed by atoms with Crippen molar-refractivity contribution in [3.05, 3.63) is 0 Å². The van der Waals surface area contributed by atoms with Gasteiger partial charge in [0.15, 0.2) is 5.11 Å². The first-order valence-electron chi connectivity index (χ1n) is 8.87. The third-order valence-corrected chi connectivity index (χ3v) is 4.80. The monoisotopic (exact) mass is 343 g/mol. The Balaban J connectivity index is 1.58. The maximum absolute atomic E-state index is 11.9. The van der Waals surface area contributed by atoms with Crippen molar-refractivity contribution in [1.29, 1.82) is 0 Å². The fourth-order valence-corrected chi connectivity index (χ4v) is 3.76. The summed E-state index contributed by atoms with van der Waals surface area (Å²) in [5.74, 6) is -0.0166. The molecule has 6 nitrogen and oxygen atoms in total. The molecule has 0 bridgehead atoms. The van der Waals surface area contributed by atoms with Crippen LogP contribution in [0.3, 0.4) is 0 Å². The Morgan fingerprint density at radius 2 is 1.78 bits per heavy atom. The van der Waals surface area contributed by atoms with Crippen LogP contribution < -0.4 is 21.1 Å². The third kappa shape index (κ3) is 7.01. The second-order valence-corrected chi connectivity index (χ2v) is 7.31. The molecule has 0 spiro atoms. The van der Waals surface area contributed by atoms with Gasteiger partial charge in [0.2, 0.25) is 5.91 Å². The SMILES string of the molecule is C[C@@H]1C[NH+](CCC(=O)NNC(=S)NC2CCCCC2)C[C@H](C)O1. The Labute approximate surface area is 144 Å². The fraction of sp³-hybridized carbons (Fsp3) is 0.875. The molecule has 2 fully saturated rings. The van der Waals surface area contributed by atoms with E-state index in [-0.39, 0.29) is 18.1 Å². The van der Waals surface area contributed by atoms with E-state index >= 15 is 0 Å². The summed E-state index contributed by atoms with van der Waals surface area (Å²) in [4.78, 5) is 13.4.